The Hall–Kier alpha value is -4.45. The van der Waals surface area contributed by atoms with Gasteiger partial charge >= 0.3 is 0 Å². The van der Waals surface area contributed by atoms with E-state index >= 15 is 0 Å². The Balaban J connectivity index is 1.67. The number of nitrogen functional groups attached to an aromatic ring is 1. The lowest BCUT2D eigenvalue weighted by Crippen LogP contribution is -2.25. The van der Waals surface area contributed by atoms with E-state index in [0.717, 1.165) is 0 Å². The van der Waals surface area contributed by atoms with Crippen molar-refractivity contribution in [1.29, 1.82) is 0 Å². The van der Waals surface area contributed by atoms with Crippen LogP contribution in [0, 0.1) is 12.7 Å². The molecule has 9 nitrogen and oxygen atoms in total. The fourth-order valence-corrected chi connectivity index (χ4v) is 3.84. The smallest absolute Gasteiger partial charge is 0.280 e. The van der Waals surface area contributed by atoms with Crippen LogP contribution >= 0.6 is 0 Å². The molecule has 4 rings (SSSR count). The van der Waals surface area contributed by atoms with E-state index < -0.39 is 17.9 Å². The third kappa shape index (κ3) is 6.90. The van der Waals surface area contributed by atoms with Crippen molar-refractivity contribution in [3.8, 4) is 34.0 Å². The maximum atomic E-state index is 13.6. The first-order chi connectivity index (χ1) is 18.7. The van der Waals surface area contributed by atoms with Crippen LogP contribution in [0.3, 0.4) is 0 Å². The second kappa shape index (κ2) is 12.4. The third-order valence-electron chi connectivity index (χ3n) is 5.63. The van der Waals surface area contributed by atoms with Gasteiger partial charge in [0.05, 0.1) is 24.4 Å². The van der Waals surface area contributed by atoms with Gasteiger partial charge in [0.1, 0.15) is 36.3 Å². The van der Waals surface area contributed by atoms with E-state index in [4.69, 9.17) is 20.3 Å². The van der Waals surface area contributed by atoms with Gasteiger partial charge in [-0.15, -0.1) is 0 Å². The van der Waals surface area contributed by atoms with Gasteiger partial charge in [0.25, 0.3) is 6.43 Å². The lowest BCUT2D eigenvalue weighted by Gasteiger charge is -2.20. The molecule has 3 heterocycles. The number of pyridine rings is 2. The van der Waals surface area contributed by atoms with E-state index in [-0.39, 0.29) is 31.6 Å². The van der Waals surface area contributed by atoms with Crippen molar-refractivity contribution >= 4 is 11.8 Å². The van der Waals surface area contributed by atoms with E-state index in [1.165, 1.54) is 30.3 Å². The average Bonchev–Trinajstić information content (AvgIpc) is 2.91. The number of alkyl halides is 2. The number of benzene rings is 1. The molecule has 12 heteroatoms. The van der Waals surface area contributed by atoms with Crippen molar-refractivity contribution < 1.29 is 27.8 Å². The number of aliphatic hydroxyl groups is 1. The van der Waals surface area contributed by atoms with Crippen LogP contribution in [0.4, 0.5) is 24.9 Å². The first-order valence-electron chi connectivity index (χ1n) is 12.0. The van der Waals surface area contributed by atoms with Gasteiger partial charge in [-0.2, -0.15) is 4.98 Å². The Morgan fingerprint density at radius 1 is 0.974 bits per heavy atom. The Bertz CT molecular complexity index is 1420. The van der Waals surface area contributed by atoms with Crippen LogP contribution in [0.15, 0.2) is 54.7 Å². The van der Waals surface area contributed by atoms with Crippen molar-refractivity contribution in [2.75, 3.05) is 44.0 Å². The van der Waals surface area contributed by atoms with Gasteiger partial charge in [0, 0.05) is 30.6 Å². The van der Waals surface area contributed by atoms with Gasteiger partial charge in [-0.05, 0) is 55.0 Å². The van der Waals surface area contributed by atoms with Gasteiger partial charge in [0.15, 0.2) is 0 Å². The molecule has 0 saturated heterocycles. The number of rotatable bonds is 11. The van der Waals surface area contributed by atoms with E-state index in [1.54, 1.807) is 31.3 Å². The minimum atomic E-state index is -2.80. The summed E-state index contributed by atoms with van der Waals surface area (Å²) >= 11 is 0. The topological polar surface area (TPSA) is 120 Å². The largest absolute Gasteiger partial charge is 0.491 e. The standard InChI is InChI=1S/C27H27F3N6O3/c1-16-13-18(14-21(33-16)25(29)30)23-24(17-3-5-19(28)6-4-17)34-27(31)35-26(23)39-11-9-36(2)22-15-20(7-8-32-22)38-12-10-37/h3-8,13-15,25,37H,9-12H2,1-2H3,(H2,31,34,35). The van der Waals surface area contributed by atoms with Gasteiger partial charge in [0.2, 0.25) is 11.8 Å². The summed E-state index contributed by atoms with van der Waals surface area (Å²) in [7, 11) is 1.81. The minimum absolute atomic E-state index is 0.0778. The highest BCUT2D eigenvalue weighted by molar-refractivity contribution is 5.85. The highest BCUT2D eigenvalue weighted by Gasteiger charge is 2.21. The summed E-state index contributed by atoms with van der Waals surface area (Å²) in [6.45, 7) is 2.14. The quantitative estimate of drug-likeness (QED) is 0.284. The number of nitrogens with zero attached hydrogens (tertiary/aromatic N) is 5. The predicted molar refractivity (Wildman–Crippen MR) is 140 cm³/mol. The molecule has 0 bridgehead atoms. The number of halogens is 3. The zero-order valence-electron chi connectivity index (χ0n) is 21.3. The van der Waals surface area contributed by atoms with Crippen LogP contribution in [-0.2, 0) is 0 Å². The van der Waals surface area contributed by atoms with Crippen LogP contribution in [0.1, 0.15) is 17.8 Å². The molecule has 4 aromatic rings. The Morgan fingerprint density at radius 2 is 1.74 bits per heavy atom. The molecule has 204 valence electrons. The van der Waals surface area contributed by atoms with Crippen LogP contribution in [0.5, 0.6) is 11.6 Å². The van der Waals surface area contributed by atoms with Gasteiger partial charge in [-0.25, -0.2) is 23.1 Å². The summed E-state index contributed by atoms with van der Waals surface area (Å²) in [6, 6.07) is 11.8. The molecular formula is C27H27F3N6O3. The molecular weight excluding hydrogens is 513 g/mol. The van der Waals surface area contributed by atoms with Crippen molar-refractivity contribution in [3.05, 3.63) is 71.9 Å². The number of aryl methyl sites for hydroxylation is 1. The summed E-state index contributed by atoms with van der Waals surface area (Å²) in [4.78, 5) is 18.7. The van der Waals surface area contributed by atoms with E-state index in [0.29, 0.717) is 46.2 Å². The Kier molecular flexibility index (Phi) is 8.77. The molecule has 0 atom stereocenters. The predicted octanol–water partition coefficient (Wildman–Crippen LogP) is 4.45. The highest BCUT2D eigenvalue weighted by atomic mass is 19.3. The zero-order valence-corrected chi connectivity index (χ0v) is 21.3. The van der Waals surface area contributed by atoms with Crippen LogP contribution in [0.2, 0.25) is 0 Å². The molecule has 1 aromatic carbocycles. The number of aliphatic hydroxyl groups excluding tert-OH is 1. The second-order valence-corrected chi connectivity index (χ2v) is 8.53. The molecule has 0 unspecified atom stereocenters. The number of hydrogen-bond acceptors (Lipinski definition) is 9. The molecule has 0 saturated carbocycles. The van der Waals surface area contributed by atoms with E-state index in [9.17, 15) is 13.2 Å². The third-order valence-corrected chi connectivity index (χ3v) is 5.63. The maximum Gasteiger partial charge on any atom is 0.280 e. The number of aromatic nitrogens is 4. The van der Waals surface area contributed by atoms with Gasteiger partial charge < -0.3 is 25.2 Å². The average molecular weight is 541 g/mol. The molecule has 3 aromatic heterocycles. The lowest BCUT2D eigenvalue weighted by molar-refractivity contribution is 0.146. The summed E-state index contributed by atoms with van der Waals surface area (Å²) < 4.78 is 52.3. The summed E-state index contributed by atoms with van der Waals surface area (Å²) in [5.74, 6) is 0.695. The maximum absolute atomic E-state index is 13.6. The Labute approximate surface area is 223 Å². The number of likely N-dealkylation sites (N-methyl/N-ethyl adjacent to an activating group) is 1. The number of nitrogens with two attached hydrogens (primary N) is 1. The van der Waals surface area contributed by atoms with Crippen molar-refractivity contribution in [2.45, 2.75) is 13.3 Å². The van der Waals surface area contributed by atoms with Crippen molar-refractivity contribution in [1.82, 2.24) is 19.9 Å². The molecule has 0 aliphatic carbocycles. The summed E-state index contributed by atoms with van der Waals surface area (Å²) in [6.07, 6.45) is -1.21. The van der Waals surface area contributed by atoms with Crippen LogP contribution in [-0.4, -0.2) is 58.5 Å². The molecule has 0 aliphatic rings. The molecule has 39 heavy (non-hydrogen) atoms. The molecule has 0 radical (unpaired) electrons. The van der Waals surface area contributed by atoms with Crippen molar-refractivity contribution in [2.24, 2.45) is 0 Å². The summed E-state index contributed by atoms with van der Waals surface area (Å²) in [5, 5.41) is 8.97. The number of hydrogen-bond donors (Lipinski definition) is 2. The first kappa shape index (κ1) is 27.6. The van der Waals surface area contributed by atoms with Crippen molar-refractivity contribution in [3.63, 3.8) is 0 Å². The highest BCUT2D eigenvalue weighted by Crippen LogP contribution is 2.39. The van der Waals surface area contributed by atoms with E-state index in [2.05, 4.69) is 19.9 Å². The Morgan fingerprint density at radius 3 is 2.46 bits per heavy atom. The zero-order chi connectivity index (χ0) is 27.9. The fraction of sp³-hybridized carbons (Fsp3) is 0.259. The van der Waals surface area contributed by atoms with E-state index in [1.807, 2.05) is 11.9 Å². The molecule has 0 spiro atoms. The van der Waals surface area contributed by atoms with Gasteiger partial charge in [-0.3, -0.25) is 4.98 Å². The molecule has 3 N–H and O–H groups in total. The molecule has 0 fully saturated rings. The summed E-state index contributed by atoms with van der Waals surface area (Å²) in [5.41, 5.74) is 7.43. The van der Waals surface area contributed by atoms with Gasteiger partial charge in [-0.1, -0.05) is 0 Å². The van der Waals surface area contributed by atoms with Crippen LogP contribution < -0.4 is 20.1 Å². The first-order valence-corrected chi connectivity index (χ1v) is 12.0. The monoisotopic (exact) mass is 540 g/mol. The second-order valence-electron chi connectivity index (χ2n) is 8.53. The minimum Gasteiger partial charge on any atom is -0.491 e. The fourth-order valence-electron chi connectivity index (χ4n) is 3.84. The normalized spacial score (nSPS) is 11.1. The number of anilines is 2. The number of ether oxygens (including phenoxy) is 2. The lowest BCUT2D eigenvalue weighted by atomic mass is 9.99. The SMILES string of the molecule is Cc1cc(-c2c(OCCN(C)c3cc(OCCO)ccn3)nc(N)nc2-c2ccc(F)cc2)cc(C(F)F)n1. The molecule has 0 aliphatic heterocycles. The molecule has 0 amide bonds. The van der Waals surface area contributed by atoms with Crippen LogP contribution in [0.25, 0.3) is 22.4 Å².